The third-order valence-corrected chi connectivity index (χ3v) is 2.96. The molecule has 2 aromatic rings. The van der Waals surface area contributed by atoms with Crippen LogP contribution in [0.25, 0.3) is 0 Å². The van der Waals surface area contributed by atoms with Crippen LogP contribution in [0.2, 0.25) is 0 Å². The first-order valence-electron chi connectivity index (χ1n) is 6.05. The number of hydrogen-bond donors (Lipinski definition) is 2. The summed E-state index contributed by atoms with van der Waals surface area (Å²) in [4.78, 5) is 11.6. The first kappa shape index (κ1) is 14.0. The normalized spacial score (nSPS) is 11.9. The molecule has 5 heteroatoms. The van der Waals surface area contributed by atoms with Crippen LogP contribution in [0.15, 0.2) is 42.5 Å². The summed E-state index contributed by atoms with van der Waals surface area (Å²) >= 11 is 0. The van der Waals surface area contributed by atoms with Crippen LogP contribution in [-0.2, 0) is 4.79 Å². The highest BCUT2D eigenvalue weighted by molar-refractivity contribution is 5.84. The molecule has 3 nitrogen and oxygen atoms in total. The Balaban J connectivity index is 2.34. The highest BCUT2D eigenvalue weighted by Gasteiger charge is 2.20. The number of benzene rings is 2. The zero-order chi connectivity index (χ0) is 14.7. The maximum absolute atomic E-state index is 13.1. The monoisotopic (exact) mass is 276 g/mol. The molecule has 0 spiro atoms. The molecule has 0 aromatic heterocycles. The summed E-state index contributed by atoms with van der Waals surface area (Å²) in [5, 5.41) is 2.86. The first-order chi connectivity index (χ1) is 9.47. The van der Waals surface area contributed by atoms with Crippen molar-refractivity contribution in [3.8, 4) is 0 Å². The van der Waals surface area contributed by atoms with E-state index in [0.717, 1.165) is 0 Å². The number of carbonyl (C=O) groups excluding carboxylic acids is 1. The zero-order valence-corrected chi connectivity index (χ0v) is 10.9. The summed E-state index contributed by atoms with van der Waals surface area (Å²) in [6, 6.07) is 8.92. The highest BCUT2D eigenvalue weighted by atomic mass is 19.1. The summed E-state index contributed by atoms with van der Waals surface area (Å²) in [7, 11) is 0. The second-order valence-corrected chi connectivity index (χ2v) is 4.49. The van der Waals surface area contributed by atoms with Gasteiger partial charge in [0.1, 0.15) is 17.7 Å². The Kier molecular flexibility index (Phi) is 3.98. The van der Waals surface area contributed by atoms with Gasteiger partial charge in [0.05, 0.1) is 0 Å². The van der Waals surface area contributed by atoms with Gasteiger partial charge in [-0.3, -0.25) is 4.79 Å². The van der Waals surface area contributed by atoms with Gasteiger partial charge < -0.3 is 11.1 Å². The Labute approximate surface area is 115 Å². The minimum absolute atomic E-state index is 0.389. The molecule has 3 N–H and O–H groups in total. The quantitative estimate of drug-likeness (QED) is 0.902. The second-order valence-electron chi connectivity index (χ2n) is 4.49. The molecule has 0 bridgehead atoms. The number of nitrogens with two attached hydrogens (primary N) is 1. The van der Waals surface area contributed by atoms with Gasteiger partial charge in [-0.25, -0.2) is 8.78 Å². The van der Waals surface area contributed by atoms with Crippen molar-refractivity contribution in [2.24, 2.45) is 5.73 Å². The number of carbonyl (C=O) groups is 1. The Morgan fingerprint density at radius 1 is 1.15 bits per heavy atom. The summed E-state index contributed by atoms with van der Waals surface area (Å²) < 4.78 is 26.3. The van der Waals surface area contributed by atoms with E-state index in [0.29, 0.717) is 16.8 Å². The number of aryl methyl sites for hydroxylation is 1. The molecule has 0 aliphatic carbocycles. The minimum Gasteiger partial charge on any atom is -0.370 e. The van der Waals surface area contributed by atoms with Gasteiger partial charge in [0.15, 0.2) is 0 Å². The van der Waals surface area contributed by atoms with E-state index in [1.54, 1.807) is 13.0 Å². The third-order valence-electron chi connectivity index (χ3n) is 2.96. The molecule has 1 atom stereocenters. The Hall–Kier alpha value is -2.43. The van der Waals surface area contributed by atoms with Gasteiger partial charge in [-0.1, -0.05) is 12.1 Å². The average molecular weight is 276 g/mol. The predicted octanol–water partition coefficient (Wildman–Crippen LogP) is 2.91. The van der Waals surface area contributed by atoms with Crippen molar-refractivity contribution in [3.05, 3.63) is 65.2 Å². The molecule has 20 heavy (non-hydrogen) atoms. The molecule has 2 rings (SSSR count). The number of halogens is 2. The molecule has 0 heterocycles. The molecule has 0 saturated carbocycles. The molecular weight excluding hydrogens is 262 g/mol. The predicted molar refractivity (Wildman–Crippen MR) is 73.1 cm³/mol. The summed E-state index contributed by atoms with van der Waals surface area (Å²) in [5.41, 5.74) is 6.95. The molecule has 0 saturated heterocycles. The van der Waals surface area contributed by atoms with E-state index in [9.17, 15) is 13.6 Å². The van der Waals surface area contributed by atoms with E-state index >= 15 is 0 Å². The van der Waals surface area contributed by atoms with Gasteiger partial charge in [-0.15, -0.1) is 0 Å². The molecular formula is C15H14F2N2O. The van der Waals surface area contributed by atoms with Crippen molar-refractivity contribution >= 4 is 11.6 Å². The fourth-order valence-electron chi connectivity index (χ4n) is 2.01. The fraction of sp³-hybridized carbons (Fsp3) is 0.133. The molecule has 1 unspecified atom stereocenters. The topological polar surface area (TPSA) is 55.1 Å². The largest absolute Gasteiger partial charge is 0.370 e. The van der Waals surface area contributed by atoms with Crippen LogP contribution in [0.3, 0.4) is 0 Å². The summed E-state index contributed by atoms with van der Waals surface area (Å²) in [5.74, 6) is -1.43. The van der Waals surface area contributed by atoms with Crippen molar-refractivity contribution in [3.63, 3.8) is 0 Å². The van der Waals surface area contributed by atoms with E-state index in [4.69, 9.17) is 5.73 Å². The average Bonchev–Trinajstić information content (AvgIpc) is 2.36. The Bertz CT molecular complexity index is 644. The molecule has 0 radical (unpaired) electrons. The molecule has 1 amide bonds. The molecule has 2 aromatic carbocycles. The highest BCUT2D eigenvalue weighted by Crippen LogP contribution is 2.23. The maximum Gasteiger partial charge on any atom is 0.244 e. The van der Waals surface area contributed by atoms with Crippen molar-refractivity contribution in [2.45, 2.75) is 13.0 Å². The van der Waals surface area contributed by atoms with Gasteiger partial charge in [-0.05, 0) is 48.4 Å². The number of hydrogen-bond acceptors (Lipinski definition) is 2. The Morgan fingerprint density at radius 3 is 2.45 bits per heavy atom. The summed E-state index contributed by atoms with van der Waals surface area (Å²) in [6.07, 6.45) is 0. The molecule has 104 valence electrons. The lowest BCUT2D eigenvalue weighted by atomic mass is 10.00. The summed E-state index contributed by atoms with van der Waals surface area (Å²) in [6.45, 7) is 1.68. The fourth-order valence-corrected chi connectivity index (χ4v) is 2.01. The van der Waals surface area contributed by atoms with Crippen molar-refractivity contribution in [1.29, 1.82) is 0 Å². The molecule has 0 aliphatic heterocycles. The lowest BCUT2D eigenvalue weighted by molar-refractivity contribution is -0.118. The smallest absolute Gasteiger partial charge is 0.244 e. The maximum atomic E-state index is 13.1. The van der Waals surface area contributed by atoms with Gasteiger partial charge in [0, 0.05) is 5.69 Å². The van der Waals surface area contributed by atoms with Crippen LogP contribution in [0, 0.1) is 18.6 Å². The van der Waals surface area contributed by atoms with Gasteiger partial charge in [0.2, 0.25) is 5.91 Å². The number of amides is 1. The Morgan fingerprint density at radius 2 is 1.85 bits per heavy atom. The molecule has 0 aliphatic rings. The zero-order valence-electron chi connectivity index (χ0n) is 10.9. The minimum atomic E-state index is -0.850. The van der Waals surface area contributed by atoms with Crippen molar-refractivity contribution in [2.75, 3.05) is 5.32 Å². The molecule has 0 fully saturated rings. The van der Waals surface area contributed by atoms with Crippen LogP contribution < -0.4 is 11.1 Å². The number of primary amides is 1. The van der Waals surface area contributed by atoms with Crippen LogP contribution >= 0.6 is 0 Å². The van der Waals surface area contributed by atoms with E-state index in [2.05, 4.69) is 5.32 Å². The van der Waals surface area contributed by atoms with Crippen LogP contribution in [0.1, 0.15) is 17.2 Å². The second kappa shape index (κ2) is 5.69. The van der Waals surface area contributed by atoms with E-state index in [-0.39, 0.29) is 5.82 Å². The van der Waals surface area contributed by atoms with Crippen LogP contribution in [0.5, 0.6) is 0 Å². The van der Waals surface area contributed by atoms with Gasteiger partial charge >= 0.3 is 0 Å². The number of rotatable bonds is 4. The SMILES string of the molecule is Cc1cc(F)ccc1C(Nc1cccc(F)c1)C(N)=O. The lowest BCUT2D eigenvalue weighted by Crippen LogP contribution is -2.28. The van der Waals surface area contributed by atoms with E-state index < -0.39 is 17.8 Å². The number of nitrogens with one attached hydrogen (secondary N) is 1. The first-order valence-corrected chi connectivity index (χ1v) is 6.05. The van der Waals surface area contributed by atoms with E-state index in [1.165, 1.54) is 36.4 Å². The van der Waals surface area contributed by atoms with E-state index in [1.807, 2.05) is 0 Å². The lowest BCUT2D eigenvalue weighted by Gasteiger charge is -2.19. The van der Waals surface area contributed by atoms with Crippen molar-refractivity contribution in [1.82, 2.24) is 0 Å². The van der Waals surface area contributed by atoms with Crippen molar-refractivity contribution < 1.29 is 13.6 Å². The number of anilines is 1. The van der Waals surface area contributed by atoms with Gasteiger partial charge in [-0.2, -0.15) is 0 Å². The standard InChI is InChI=1S/C15H14F2N2O/c1-9-7-11(17)5-6-13(9)14(15(18)20)19-12-4-2-3-10(16)8-12/h2-8,14,19H,1H3,(H2,18,20). The third kappa shape index (κ3) is 3.12. The van der Waals surface area contributed by atoms with Crippen LogP contribution in [-0.4, -0.2) is 5.91 Å². The van der Waals surface area contributed by atoms with Crippen LogP contribution in [0.4, 0.5) is 14.5 Å². The van der Waals surface area contributed by atoms with Gasteiger partial charge in [0.25, 0.3) is 0 Å².